The van der Waals surface area contributed by atoms with E-state index in [1.54, 1.807) is 7.05 Å². The van der Waals surface area contributed by atoms with Gasteiger partial charge in [0.25, 0.3) is 0 Å². The maximum Gasteiger partial charge on any atom is 0.419 e. The van der Waals surface area contributed by atoms with Crippen molar-refractivity contribution in [1.29, 1.82) is 0 Å². The van der Waals surface area contributed by atoms with Crippen molar-refractivity contribution >= 4 is 29.9 Å². The first kappa shape index (κ1) is 24.8. The molecular formula is C18H27F3IN3O3. The van der Waals surface area contributed by atoms with Gasteiger partial charge in [-0.15, -0.1) is 24.0 Å². The predicted octanol–water partition coefficient (Wildman–Crippen LogP) is 2.66. The summed E-state index contributed by atoms with van der Waals surface area (Å²) in [7, 11) is 1.61. The van der Waals surface area contributed by atoms with E-state index in [9.17, 15) is 18.3 Å². The highest BCUT2D eigenvalue weighted by molar-refractivity contribution is 14.0. The van der Waals surface area contributed by atoms with E-state index in [1.165, 1.54) is 18.2 Å². The van der Waals surface area contributed by atoms with Gasteiger partial charge in [-0.1, -0.05) is 12.1 Å². The first-order valence-corrected chi connectivity index (χ1v) is 8.82. The van der Waals surface area contributed by atoms with Crippen LogP contribution in [0.3, 0.4) is 0 Å². The number of hydrogen-bond donors (Lipinski definition) is 3. The van der Waals surface area contributed by atoms with Gasteiger partial charge in [-0.25, -0.2) is 0 Å². The van der Waals surface area contributed by atoms with Crippen molar-refractivity contribution in [3.05, 3.63) is 29.8 Å². The molecule has 0 saturated carbocycles. The number of benzene rings is 1. The number of rotatable bonds is 8. The summed E-state index contributed by atoms with van der Waals surface area (Å²) in [5, 5.41) is 15.4. The van der Waals surface area contributed by atoms with E-state index in [0.717, 1.165) is 12.5 Å². The molecular weight excluding hydrogens is 490 g/mol. The Kier molecular flexibility index (Phi) is 10.3. The van der Waals surface area contributed by atoms with E-state index in [-0.39, 0.29) is 54.9 Å². The predicted molar refractivity (Wildman–Crippen MR) is 111 cm³/mol. The minimum Gasteiger partial charge on any atom is -0.491 e. The van der Waals surface area contributed by atoms with Crippen LogP contribution in [0, 0.1) is 5.41 Å². The second kappa shape index (κ2) is 11.7. The Balaban J connectivity index is 0.00000392. The third kappa shape index (κ3) is 7.28. The maximum atomic E-state index is 12.9. The van der Waals surface area contributed by atoms with Gasteiger partial charge in [-0.3, -0.25) is 4.99 Å². The van der Waals surface area contributed by atoms with Gasteiger partial charge in [0, 0.05) is 32.2 Å². The van der Waals surface area contributed by atoms with Gasteiger partial charge in [-0.2, -0.15) is 13.2 Å². The van der Waals surface area contributed by atoms with E-state index in [2.05, 4.69) is 15.6 Å². The highest BCUT2D eigenvalue weighted by atomic mass is 127. The van der Waals surface area contributed by atoms with E-state index in [1.807, 2.05) is 0 Å². The molecule has 0 bridgehead atoms. The normalized spacial score (nSPS) is 19.8. The highest BCUT2D eigenvalue weighted by Gasteiger charge is 2.35. The Labute approximate surface area is 179 Å². The van der Waals surface area contributed by atoms with Crippen molar-refractivity contribution in [2.45, 2.75) is 19.0 Å². The Bertz CT molecular complexity index is 624. The Morgan fingerprint density at radius 3 is 2.68 bits per heavy atom. The number of nitrogens with zero attached hydrogens (tertiary/aromatic N) is 1. The number of nitrogens with one attached hydrogen (secondary N) is 2. The molecule has 0 radical (unpaired) electrons. The smallest absolute Gasteiger partial charge is 0.419 e. The van der Waals surface area contributed by atoms with Crippen molar-refractivity contribution in [3.63, 3.8) is 0 Å². The van der Waals surface area contributed by atoms with Gasteiger partial charge in [0.2, 0.25) is 0 Å². The summed E-state index contributed by atoms with van der Waals surface area (Å²) in [6.45, 7) is 2.26. The number of guanidine groups is 1. The molecule has 1 saturated heterocycles. The molecule has 160 valence electrons. The quantitative estimate of drug-likeness (QED) is 0.214. The molecule has 1 unspecified atom stereocenters. The van der Waals surface area contributed by atoms with Crippen LogP contribution < -0.4 is 15.4 Å². The molecule has 1 heterocycles. The minimum absolute atomic E-state index is 0. The molecule has 3 N–H and O–H groups in total. The molecule has 10 heteroatoms. The average molecular weight is 517 g/mol. The van der Waals surface area contributed by atoms with E-state index in [0.29, 0.717) is 32.1 Å². The number of halogens is 4. The summed E-state index contributed by atoms with van der Waals surface area (Å²) in [5.74, 6) is 0.326. The maximum absolute atomic E-state index is 12.9. The zero-order valence-electron chi connectivity index (χ0n) is 15.7. The lowest BCUT2D eigenvalue weighted by Gasteiger charge is -2.27. The Morgan fingerprint density at radius 1 is 1.32 bits per heavy atom. The molecule has 2 rings (SSSR count). The van der Waals surface area contributed by atoms with Crippen LogP contribution in [-0.2, 0) is 10.9 Å². The van der Waals surface area contributed by atoms with Crippen molar-refractivity contribution in [3.8, 4) is 5.75 Å². The SMILES string of the molecule is CN=C(NCCOc1ccccc1C(F)(F)F)NCC1(CCO)CCOC1.I. The van der Waals surface area contributed by atoms with Gasteiger partial charge in [-0.05, 0) is 25.0 Å². The van der Waals surface area contributed by atoms with Crippen LogP contribution >= 0.6 is 24.0 Å². The number of para-hydroxylation sites is 1. The standard InChI is InChI=1S/C18H26F3N3O3.HI/c1-22-16(24-12-17(6-9-25)7-10-26-13-17)23-8-11-27-15-5-3-2-4-14(15)18(19,20)21;/h2-5,25H,6-13H2,1H3,(H2,22,23,24);1H. The number of aliphatic hydroxyl groups excluding tert-OH is 1. The largest absolute Gasteiger partial charge is 0.491 e. The highest BCUT2D eigenvalue weighted by Crippen LogP contribution is 2.35. The second-order valence-electron chi connectivity index (χ2n) is 6.47. The fourth-order valence-corrected chi connectivity index (χ4v) is 2.96. The van der Waals surface area contributed by atoms with Crippen LogP contribution in [0.4, 0.5) is 13.2 Å². The first-order valence-electron chi connectivity index (χ1n) is 8.82. The molecule has 1 aromatic rings. The third-order valence-corrected chi connectivity index (χ3v) is 4.53. The number of hydrogen-bond acceptors (Lipinski definition) is 4. The van der Waals surface area contributed by atoms with Crippen LogP contribution in [0.1, 0.15) is 18.4 Å². The molecule has 1 aliphatic heterocycles. The molecule has 0 spiro atoms. The van der Waals surface area contributed by atoms with Crippen LogP contribution in [0.15, 0.2) is 29.3 Å². The average Bonchev–Trinajstić information content (AvgIpc) is 3.10. The van der Waals surface area contributed by atoms with Gasteiger partial charge >= 0.3 is 6.18 Å². The van der Waals surface area contributed by atoms with E-state index < -0.39 is 11.7 Å². The summed E-state index contributed by atoms with van der Waals surface area (Å²) >= 11 is 0. The van der Waals surface area contributed by atoms with Gasteiger partial charge in [0.05, 0.1) is 18.7 Å². The molecule has 6 nitrogen and oxygen atoms in total. The molecule has 0 aliphatic carbocycles. The van der Waals surface area contributed by atoms with Crippen molar-refractivity contribution in [2.75, 3.05) is 46.6 Å². The number of aliphatic imine (C=N–C) groups is 1. The molecule has 0 aromatic heterocycles. The first-order chi connectivity index (χ1) is 12.9. The Morgan fingerprint density at radius 2 is 2.07 bits per heavy atom. The van der Waals surface area contributed by atoms with E-state index >= 15 is 0 Å². The topological polar surface area (TPSA) is 75.1 Å². The summed E-state index contributed by atoms with van der Waals surface area (Å²) in [5.41, 5.74) is -0.922. The fourth-order valence-electron chi connectivity index (χ4n) is 2.96. The monoisotopic (exact) mass is 517 g/mol. The summed E-state index contributed by atoms with van der Waals surface area (Å²) in [6, 6.07) is 5.12. The number of aliphatic hydroxyl groups is 1. The number of alkyl halides is 3. The molecule has 1 aliphatic rings. The lowest BCUT2D eigenvalue weighted by molar-refractivity contribution is -0.138. The fraction of sp³-hybridized carbons (Fsp3) is 0.611. The van der Waals surface area contributed by atoms with Crippen molar-refractivity contribution < 1.29 is 27.8 Å². The molecule has 1 fully saturated rings. The minimum atomic E-state index is -4.45. The van der Waals surface area contributed by atoms with Crippen LogP contribution in [0.5, 0.6) is 5.75 Å². The van der Waals surface area contributed by atoms with Crippen LogP contribution in [0.2, 0.25) is 0 Å². The Hall–Kier alpha value is -1.27. The number of ether oxygens (including phenoxy) is 2. The van der Waals surface area contributed by atoms with Crippen molar-refractivity contribution in [2.24, 2.45) is 10.4 Å². The third-order valence-electron chi connectivity index (χ3n) is 4.53. The van der Waals surface area contributed by atoms with Crippen LogP contribution in [0.25, 0.3) is 0 Å². The summed E-state index contributed by atoms with van der Waals surface area (Å²) < 4.78 is 49.5. The van der Waals surface area contributed by atoms with E-state index in [4.69, 9.17) is 9.47 Å². The second-order valence-corrected chi connectivity index (χ2v) is 6.47. The van der Waals surface area contributed by atoms with Gasteiger partial charge < -0.3 is 25.2 Å². The van der Waals surface area contributed by atoms with Crippen LogP contribution in [-0.4, -0.2) is 57.6 Å². The molecule has 0 amide bonds. The zero-order chi connectivity index (χ0) is 19.8. The summed E-state index contributed by atoms with van der Waals surface area (Å²) in [4.78, 5) is 4.10. The van der Waals surface area contributed by atoms with Crippen molar-refractivity contribution in [1.82, 2.24) is 10.6 Å². The molecule has 28 heavy (non-hydrogen) atoms. The van der Waals surface area contributed by atoms with Gasteiger partial charge in [0.1, 0.15) is 12.4 Å². The zero-order valence-corrected chi connectivity index (χ0v) is 18.0. The lowest BCUT2D eigenvalue weighted by atomic mass is 9.84. The summed E-state index contributed by atoms with van der Waals surface area (Å²) in [6.07, 6.45) is -2.96. The molecule has 1 aromatic carbocycles. The lowest BCUT2D eigenvalue weighted by Crippen LogP contribution is -2.45. The molecule has 1 atom stereocenters. The van der Waals surface area contributed by atoms with Gasteiger partial charge in [0.15, 0.2) is 5.96 Å².